The second kappa shape index (κ2) is 8.44. The van der Waals surface area contributed by atoms with Crippen molar-refractivity contribution in [2.45, 2.75) is 32.7 Å². The molecular weight excluding hydrogens is 354 g/mol. The number of fused-ring (bicyclic) bond motifs is 1. The quantitative estimate of drug-likeness (QED) is 0.806. The number of nitrogens with two attached hydrogens (primary N) is 1. The Bertz CT molecular complexity index is 879. The molecule has 28 heavy (non-hydrogen) atoms. The standard InChI is InChI=1S/C22H27N3O3/c1-14(15(2)23)22(27)24-18-8-7-17-9-10-25(20(17)13-18)21(26)12-16-5-4-6-19(11-16)28-3/h4-8,11,13-15H,9-10,12,23H2,1-3H3,(H,24,27). The molecule has 0 aromatic heterocycles. The lowest BCUT2D eigenvalue weighted by atomic mass is 10.0. The highest BCUT2D eigenvalue weighted by molar-refractivity contribution is 5.99. The fraction of sp³-hybridized carbons (Fsp3) is 0.364. The van der Waals surface area contributed by atoms with Gasteiger partial charge in [-0.1, -0.05) is 25.1 Å². The minimum absolute atomic E-state index is 0.0272. The summed E-state index contributed by atoms with van der Waals surface area (Å²) in [5, 5.41) is 2.90. The minimum Gasteiger partial charge on any atom is -0.497 e. The molecule has 3 rings (SSSR count). The smallest absolute Gasteiger partial charge is 0.231 e. The van der Waals surface area contributed by atoms with Crippen LogP contribution in [0.1, 0.15) is 25.0 Å². The molecule has 1 heterocycles. The number of carbonyl (C=O) groups is 2. The Balaban J connectivity index is 1.74. The van der Waals surface area contributed by atoms with E-state index in [2.05, 4.69) is 5.32 Å². The molecule has 3 N–H and O–H groups in total. The van der Waals surface area contributed by atoms with Crippen molar-refractivity contribution >= 4 is 23.2 Å². The number of amides is 2. The predicted molar refractivity (Wildman–Crippen MR) is 111 cm³/mol. The third-order valence-corrected chi connectivity index (χ3v) is 5.24. The summed E-state index contributed by atoms with van der Waals surface area (Å²) in [7, 11) is 1.61. The maximum absolute atomic E-state index is 12.9. The van der Waals surface area contributed by atoms with Gasteiger partial charge in [0.1, 0.15) is 5.75 Å². The molecule has 0 bridgehead atoms. The van der Waals surface area contributed by atoms with Crippen molar-refractivity contribution < 1.29 is 14.3 Å². The van der Waals surface area contributed by atoms with Gasteiger partial charge in [0.2, 0.25) is 11.8 Å². The first kappa shape index (κ1) is 19.9. The maximum Gasteiger partial charge on any atom is 0.231 e. The lowest BCUT2D eigenvalue weighted by Gasteiger charge is -2.19. The number of hydrogen-bond acceptors (Lipinski definition) is 4. The van der Waals surface area contributed by atoms with Crippen LogP contribution in [0.25, 0.3) is 0 Å². The number of methoxy groups -OCH3 is 1. The zero-order chi connectivity index (χ0) is 20.3. The van der Waals surface area contributed by atoms with Crippen molar-refractivity contribution in [1.82, 2.24) is 0 Å². The van der Waals surface area contributed by atoms with Crippen molar-refractivity contribution in [3.63, 3.8) is 0 Å². The lowest BCUT2D eigenvalue weighted by Crippen LogP contribution is -2.34. The second-order valence-corrected chi connectivity index (χ2v) is 7.30. The molecule has 1 aliphatic heterocycles. The first-order chi connectivity index (χ1) is 13.4. The fourth-order valence-electron chi connectivity index (χ4n) is 3.26. The summed E-state index contributed by atoms with van der Waals surface area (Å²) in [4.78, 5) is 27.0. The number of carbonyl (C=O) groups excluding carboxylic acids is 2. The van der Waals surface area contributed by atoms with Crippen LogP contribution in [0.5, 0.6) is 5.75 Å². The predicted octanol–water partition coefficient (Wildman–Crippen LogP) is 2.75. The molecule has 6 nitrogen and oxygen atoms in total. The van der Waals surface area contributed by atoms with E-state index in [1.54, 1.807) is 18.9 Å². The van der Waals surface area contributed by atoms with Crippen molar-refractivity contribution in [2.75, 3.05) is 23.9 Å². The van der Waals surface area contributed by atoms with Gasteiger partial charge in [-0.25, -0.2) is 0 Å². The topological polar surface area (TPSA) is 84.7 Å². The highest BCUT2D eigenvalue weighted by Gasteiger charge is 2.26. The van der Waals surface area contributed by atoms with Crippen molar-refractivity contribution in [3.8, 4) is 5.75 Å². The largest absolute Gasteiger partial charge is 0.497 e. The van der Waals surface area contributed by atoms with Gasteiger partial charge in [-0.05, 0) is 48.7 Å². The number of nitrogens with one attached hydrogen (secondary N) is 1. The van der Waals surface area contributed by atoms with Crippen LogP contribution in [0.2, 0.25) is 0 Å². The number of rotatable bonds is 6. The summed E-state index contributed by atoms with van der Waals surface area (Å²) in [5.41, 5.74) is 9.37. The Morgan fingerprint density at radius 1 is 1.21 bits per heavy atom. The van der Waals surface area contributed by atoms with Crippen LogP contribution in [0.15, 0.2) is 42.5 Å². The van der Waals surface area contributed by atoms with Crippen LogP contribution in [0, 0.1) is 5.92 Å². The Labute approximate surface area is 165 Å². The molecule has 0 radical (unpaired) electrons. The van der Waals surface area contributed by atoms with Gasteiger partial charge in [0.15, 0.2) is 0 Å². The number of nitrogens with zero attached hydrogens (tertiary/aromatic N) is 1. The Morgan fingerprint density at radius 2 is 2.00 bits per heavy atom. The van der Waals surface area contributed by atoms with Crippen LogP contribution in [-0.4, -0.2) is 31.5 Å². The maximum atomic E-state index is 12.9. The van der Waals surface area contributed by atoms with E-state index in [4.69, 9.17) is 10.5 Å². The van der Waals surface area contributed by atoms with Crippen molar-refractivity contribution in [3.05, 3.63) is 53.6 Å². The van der Waals surface area contributed by atoms with Gasteiger partial charge in [-0.15, -0.1) is 0 Å². The molecule has 6 heteroatoms. The molecule has 148 valence electrons. The summed E-state index contributed by atoms with van der Waals surface area (Å²) in [6, 6.07) is 13.0. The molecule has 1 aliphatic rings. The summed E-state index contributed by atoms with van der Waals surface area (Å²) >= 11 is 0. The molecule has 2 amide bonds. The molecule has 2 unspecified atom stereocenters. The Kier molecular flexibility index (Phi) is 5.99. The highest BCUT2D eigenvalue weighted by Crippen LogP contribution is 2.31. The van der Waals surface area contributed by atoms with Crippen LogP contribution in [-0.2, 0) is 22.4 Å². The molecule has 0 aliphatic carbocycles. The van der Waals surface area contributed by atoms with Crippen molar-refractivity contribution in [1.29, 1.82) is 0 Å². The minimum atomic E-state index is -0.293. The van der Waals surface area contributed by atoms with Gasteiger partial charge < -0.3 is 20.7 Å². The third kappa shape index (κ3) is 4.34. The van der Waals surface area contributed by atoms with E-state index in [0.29, 0.717) is 18.7 Å². The van der Waals surface area contributed by atoms with Crippen LogP contribution >= 0.6 is 0 Å². The fourth-order valence-corrected chi connectivity index (χ4v) is 3.26. The zero-order valence-electron chi connectivity index (χ0n) is 16.6. The molecule has 2 atom stereocenters. The van der Waals surface area contributed by atoms with Gasteiger partial charge in [0, 0.05) is 24.0 Å². The molecule has 2 aromatic rings. The Hall–Kier alpha value is -2.86. The van der Waals surface area contributed by atoms with Gasteiger partial charge in [0.05, 0.1) is 19.4 Å². The van der Waals surface area contributed by atoms with E-state index >= 15 is 0 Å². The summed E-state index contributed by atoms with van der Waals surface area (Å²) < 4.78 is 5.23. The van der Waals surface area contributed by atoms with E-state index in [9.17, 15) is 9.59 Å². The summed E-state index contributed by atoms with van der Waals surface area (Å²) in [5.74, 6) is 0.348. The average molecular weight is 381 g/mol. The average Bonchev–Trinajstić information content (AvgIpc) is 3.10. The zero-order valence-corrected chi connectivity index (χ0v) is 16.6. The van der Waals surface area contributed by atoms with Gasteiger partial charge >= 0.3 is 0 Å². The highest BCUT2D eigenvalue weighted by atomic mass is 16.5. The van der Waals surface area contributed by atoms with E-state index in [0.717, 1.165) is 29.0 Å². The van der Waals surface area contributed by atoms with Gasteiger partial charge in [0.25, 0.3) is 0 Å². The molecular formula is C22H27N3O3. The normalized spacial score (nSPS) is 14.9. The van der Waals surface area contributed by atoms with Crippen LogP contribution < -0.4 is 20.7 Å². The molecule has 0 fully saturated rings. The molecule has 0 saturated carbocycles. The first-order valence-corrected chi connectivity index (χ1v) is 9.51. The summed E-state index contributed by atoms with van der Waals surface area (Å²) in [6.07, 6.45) is 1.11. The van der Waals surface area contributed by atoms with Gasteiger partial charge in [-0.3, -0.25) is 9.59 Å². The van der Waals surface area contributed by atoms with Gasteiger partial charge in [-0.2, -0.15) is 0 Å². The first-order valence-electron chi connectivity index (χ1n) is 9.51. The van der Waals surface area contributed by atoms with Crippen molar-refractivity contribution in [2.24, 2.45) is 11.7 Å². The van der Waals surface area contributed by atoms with Crippen LogP contribution in [0.3, 0.4) is 0 Å². The molecule has 0 spiro atoms. The SMILES string of the molecule is COc1cccc(CC(=O)N2CCc3ccc(NC(=O)C(C)C(C)N)cc32)c1. The monoisotopic (exact) mass is 381 g/mol. The van der Waals surface area contributed by atoms with E-state index in [1.165, 1.54) is 0 Å². The number of anilines is 2. The Morgan fingerprint density at radius 3 is 2.71 bits per heavy atom. The molecule has 2 aromatic carbocycles. The van der Waals surface area contributed by atoms with E-state index < -0.39 is 0 Å². The number of hydrogen-bond donors (Lipinski definition) is 2. The number of ether oxygens (including phenoxy) is 1. The van der Waals surface area contributed by atoms with Crippen LogP contribution in [0.4, 0.5) is 11.4 Å². The second-order valence-electron chi connectivity index (χ2n) is 7.30. The lowest BCUT2D eigenvalue weighted by molar-refractivity contribution is -0.120. The van der Waals surface area contributed by atoms with E-state index in [1.807, 2.05) is 49.4 Å². The summed E-state index contributed by atoms with van der Waals surface area (Å²) in [6.45, 7) is 4.26. The number of benzene rings is 2. The van der Waals surface area contributed by atoms with E-state index in [-0.39, 0.29) is 23.8 Å². The third-order valence-electron chi connectivity index (χ3n) is 5.24. The molecule has 0 saturated heterocycles.